The summed E-state index contributed by atoms with van der Waals surface area (Å²) in [4.78, 5) is 25.1. The second kappa shape index (κ2) is 7.87. The Morgan fingerprint density at radius 2 is 2.00 bits per heavy atom. The van der Waals surface area contributed by atoms with E-state index in [0.29, 0.717) is 25.1 Å². The fourth-order valence-electron chi connectivity index (χ4n) is 2.12. The number of hydrogen-bond donors (Lipinski definition) is 2. The summed E-state index contributed by atoms with van der Waals surface area (Å²) in [5.41, 5.74) is 6.83. The highest BCUT2D eigenvalue weighted by molar-refractivity contribution is 5.97. The fourth-order valence-corrected chi connectivity index (χ4v) is 2.12. The summed E-state index contributed by atoms with van der Waals surface area (Å²) in [5, 5.41) is 2.80. The number of halogens is 1. The predicted octanol–water partition coefficient (Wildman–Crippen LogP) is 1.31. The third-order valence-electron chi connectivity index (χ3n) is 3.18. The van der Waals surface area contributed by atoms with Crippen molar-refractivity contribution in [3.8, 4) is 0 Å². The Bertz CT molecular complexity index is 462. The molecule has 1 heterocycles. The van der Waals surface area contributed by atoms with E-state index in [2.05, 4.69) is 5.32 Å². The Morgan fingerprint density at radius 1 is 1.30 bits per heavy atom. The maximum atomic E-state index is 11.8. The summed E-state index contributed by atoms with van der Waals surface area (Å²) in [5.74, 6) is 0.0490. The van der Waals surface area contributed by atoms with Gasteiger partial charge in [-0.25, -0.2) is 0 Å². The van der Waals surface area contributed by atoms with Crippen molar-refractivity contribution in [3.05, 3.63) is 29.8 Å². The van der Waals surface area contributed by atoms with Gasteiger partial charge < -0.3 is 16.0 Å². The average molecular weight is 298 g/mol. The average Bonchev–Trinajstić information content (AvgIpc) is 2.85. The van der Waals surface area contributed by atoms with E-state index in [1.54, 1.807) is 17.0 Å². The van der Waals surface area contributed by atoms with Crippen molar-refractivity contribution in [2.75, 3.05) is 24.5 Å². The molecule has 1 saturated heterocycles. The van der Waals surface area contributed by atoms with Gasteiger partial charge in [-0.2, -0.15) is 0 Å². The lowest BCUT2D eigenvalue weighted by molar-refractivity contribution is -0.117. The molecule has 5 nitrogen and oxygen atoms in total. The first-order valence-electron chi connectivity index (χ1n) is 6.61. The lowest BCUT2D eigenvalue weighted by Gasteiger charge is -2.15. The second-order valence-electron chi connectivity index (χ2n) is 4.59. The van der Waals surface area contributed by atoms with Crippen molar-refractivity contribution in [2.24, 2.45) is 5.73 Å². The molecule has 6 heteroatoms. The van der Waals surface area contributed by atoms with Crippen molar-refractivity contribution in [1.29, 1.82) is 0 Å². The van der Waals surface area contributed by atoms with Gasteiger partial charge in [-0.3, -0.25) is 9.59 Å². The quantitative estimate of drug-likeness (QED) is 0.805. The second-order valence-corrected chi connectivity index (χ2v) is 4.59. The van der Waals surface area contributed by atoms with Crippen LogP contribution in [0, 0.1) is 0 Å². The number of anilines is 1. The first kappa shape index (κ1) is 16.5. The Hall–Kier alpha value is -1.59. The van der Waals surface area contributed by atoms with Gasteiger partial charge in [0, 0.05) is 30.8 Å². The molecule has 2 rings (SSSR count). The molecule has 110 valence electrons. The van der Waals surface area contributed by atoms with E-state index in [9.17, 15) is 9.59 Å². The summed E-state index contributed by atoms with van der Waals surface area (Å²) in [6.45, 7) is 1.92. The minimum Gasteiger partial charge on any atom is -0.352 e. The monoisotopic (exact) mass is 297 g/mol. The van der Waals surface area contributed by atoms with Gasteiger partial charge in [-0.15, -0.1) is 12.4 Å². The largest absolute Gasteiger partial charge is 0.352 e. The molecule has 1 aliphatic rings. The number of carbonyl (C=O) groups is 2. The van der Waals surface area contributed by atoms with E-state index < -0.39 is 0 Å². The summed E-state index contributed by atoms with van der Waals surface area (Å²) in [6, 6.07) is 7.14. The third-order valence-corrected chi connectivity index (χ3v) is 3.18. The number of hydrogen-bond acceptors (Lipinski definition) is 3. The molecule has 1 aromatic rings. The zero-order valence-electron chi connectivity index (χ0n) is 11.3. The molecule has 2 amide bonds. The molecular formula is C14H20ClN3O2. The van der Waals surface area contributed by atoms with Gasteiger partial charge in [-0.1, -0.05) is 0 Å². The molecule has 1 fully saturated rings. The molecule has 3 N–H and O–H groups in total. The van der Waals surface area contributed by atoms with Gasteiger partial charge in [0.25, 0.3) is 5.91 Å². The highest BCUT2D eigenvalue weighted by Crippen LogP contribution is 2.21. The van der Waals surface area contributed by atoms with Crippen molar-refractivity contribution in [2.45, 2.75) is 19.3 Å². The highest BCUT2D eigenvalue weighted by atomic mass is 35.5. The van der Waals surface area contributed by atoms with Crippen LogP contribution in [0.2, 0.25) is 0 Å². The highest BCUT2D eigenvalue weighted by Gasteiger charge is 2.21. The van der Waals surface area contributed by atoms with Gasteiger partial charge in [-0.05, 0) is 43.7 Å². The Balaban J connectivity index is 0.00000200. The van der Waals surface area contributed by atoms with Crippen LogP contribution in [-0.4, -0.2) is 31.4 Å². The van der Waals surface area contributed by atoms with Crippen LogP contribution in [0.5, 0.6) is 0 Å². The number of amides is 2. The minimum atomic E-state index is -0.104. The third kappa shape index (κ3) is 3.95. The lowest BCUT2D eigenvalue weighted by atomic mass is 10.2. The van der Waals surface area contributed by atoms with Crippen molar-refractivity contribution < 1.29 is 9.59 Å². The van der Waals surface area contributed by atoms with E-state index >= 15 is 0 Å². The maximum absolute atomic E-state index is 11.8. The number of nitrogens with one attached hydrogen (secondary N) is 1. The molecule has 1 aromatic carbocycles. The van der Waals surface area contributed by atoms with Crippen LogP contribution >= 0.6 is 12.4 Å². The number of nitrogens with two attached hydrogens (primary N) is 1. The molecule has 20 heavy (non-hydrogen) atoms. The van der Waals surface area contributed by atoms with E-state index in [0.717, 1.165) is 25.1 Å². The van der Waals surface area contributed by atoms with Crippen LogP contribution in [-0.2, 0) is 4.79 Å². The van der Waals surface area contributed by atoms with Gasteiger partial charge in [0.15, 0.2) is 0 Å². The molecule has 0 aromatic heterocycles. The summed E-state index contributed by atoms with van der Waals surface area (Å²) in [7, 11) is 0. The Labute approximate surface area is 124 Å². The standard InChI is InChI=1S/C14H19N3O2.ClH/c15-8-2-9-16-14(19)11-4-6-12(7-5-11)17-10-1-3-13(17)18;/h4-7H,1-3,8-10,15H2,(H,16,19);1H. The van der Waals surface area contributed by atoms with Crippen LogP contribution in [0.15, 0.2) is 24.3 Å². The smallest absolute Gasteiger partial charge is 0.251 e. The molecule has 0 saturated carbocycles. The molecule has 0 spiro atoms. The normalized spacial score (nSPS) is 14.1. The number of rotatable bonds is 5. The topological polar surface area (TPSA) is 75.4 Å². The van der Waals surface area contributed by atoms with Crippen LogP contribution in [0.1, 0.15) is 29.6 Å². The first-order valence-corrected chi connectivity index (χ1v) is 6.61. The minimum absolute atomic E-state index is 0. The lowest BCUT2D eigenvalue weighted by Crippen LogP contribution is -2.26. The van der Waals surface area contributed by atoms with Crippen LogP contribution in [0.4, 0.5) is 5.69 Å². The maximum Gasteiger partial charge on any atom is 0.251 e. The van der Waals surface area contributed by atoms with Crippen molar-refractivity contribution >= 4 is 29.9 Å². The van der Waals surface area contributed by atoms with Crippen LogP contribution in [0.3, 0.4) is 0 Å². The summed E-state index contributed by atoms with van der Waals surface area (Å²) < 4.78 is 0. The Kier molecular flexibility index (Phi) is 6.48. The molecule has 0 bridgehead atoms. The van der Waals surface area contributed by atoms with E-state index in [1.165, 1.54) is 0 Å². The van der Waals surface area contributed by atoms with Crippen molar-refractivity contribution in [1.82, 2.24) is 5.32 Å². The number of benzene rings is 1. The van der Waals surface area contributed by atoms with E-state index in [-0.39, 0.29) is 24.2 Å². The zero-order valence-corrected chi connectivity index (χ0v) is 12.1. The zero-order chi connectivity index (χ0) is 13.7. The van der Waals surface area contributed by atoms with Crippen LogP contribution in [0.25, 0.3) is 0 Å². The fraction of sp³-hybridized carbons (Fsp3) is 0.429. The molecule has 0 radical (unpaired) electrons. The first-order chi connectivity index (χ1) is 9.22. The SMILES string of the molecule is Cl.NCCCNC(=O)c1ccc(N2CCCC2=O)cc1. The number of nitrogens with zero attached hydrogens (tertiary/aromatic N) is 1. The van der Waals surface area contributed by atoms with Gasteiger partial charge >= 0.3 is 0 Å². The number of carbonyl (C=O) groups excluding carboxylic acids is 2. The molecular weight excluding hydrogens is 278 g/mol. The predicted molar refractivity (Wildman–Crippen MR) is 81.3 cm³/mol. The van der Waals surface area contributed by atoms with Crippen molar-refractivity contribution in [3.63, 3.8) is 0 Å². The molecule has 0 atom stereocenters. The summed E-state index contributed by atoms with van der Waals surface area (Å²) >= 11 is 0. The molecule has 0 aliphatic carbocycles. The molecule has 0 unspecified atom stereocenters. The van der Waals surface area contributed by atoms with E-state index in [4.69, 9.17) is 5.73 Å². The van der Waals surface area contributed by atoms with Crippen LogP contribution < -0.4 is 16.0 Å². The summed E-state index contributed by atoms with van der Waals surface area (Å²) in [6.07, 6.45) is 2.29. The molecule has 1 aliphatic heterocycles. The van der Waals surface area contributed by atoms with Gasteiger partial charge in [0.1, 0.15) is 0 Å². The van der Waals surface area contributed by atoms with E-state index in [1.807, 2.05) is 12.1 Å². The van der Waals surface area contributed by atoms with Gasteiger partial charge in [0.2, 0.25) is 5.91 Å². The Morgan fingerprint density at radius 3 is 2.55 bits per heavy atom. The van der Waals surface area contributed by atoms with Gasteiger partial charge in [0.05, 0.1) is 0 Å².